The summed E-state index contributed by atoms with van der Waals surface area (Å²) in [6, 6.07) is 19.7. The van der Waals surface area contributed by atoms with E-state index in [0.717, 1.165) is 51.4 Å². The lowest BCUT2D eigenvalue weighted by Crippen LogP contribution is -2.32. The van der Waals surface area contributed by atoms with Gasteiger partial charge in [-0.2, -0.15) is 0 Å². The number of benzene rings is 3. The first-order valence-electron chi connectivity index (χ1n) is 10.2. The van der Waals surface area contributed by atoms with Gasteiger partial charge in [-0.1, -0.05) is 24.3 Å². The maximum atomic E-state index is 12.3. The Morgan fingerprint density at radius 3 is 2.55 bits per heavy atom. The summed E-state index contributed by atoms with van der Waals surface area (Å²) in [4.78, 5) is 14.6. The molecule has 2 heterocycles. The van der Waals surface area contributed by atoms with Crippen LogP contribution >= 0.6 is 0 Å². The van der Waals surface area contributed by atoms with Crippen LogP contribution in [0.3, 0.4) is 0 Å². The standard InChI is InChI=1S/C26H23NO4/c1-16-5-4-6-20(11-16)27-14-19-12-23-22(18-7-9-21(29-3)10-8-18)13-24(28)31-26(23)17(2)25(19)30-15-27/h4-13H,14-15H2,1-3H3. The van der Waals surface area contributed by atoms with Crippen LogP contribution in [0.15, 0.2) is 69.9 Å². The summed E-state index contributed by atoms with van der Waals surface area (Å²) in [5.41, 5.74) is 6.22. The Hall–Kier alpha value is -3.73. The van der Waals surface area contributed by atoms with Gasteiger partial charge in [0.25, 0.3) is 0 Å². The molecule has 0 amide bonds. The molecule has 5 rings (SSSR count). The molecule has 0 bridgehead atoms. The van der Waals surface area contributed by atoms with Crippen molar-refractivity contribution in [3.63, 3.8) is 0 Å². The van der Waals surface area contributed by atoms with Crippen molar-refractivity contribution in [1.82, 2.24) is 0 Å². The predicted octanol–water partition coefficient (Wildman–Crippen LogP) is 5.44. The normalized spacial score (nSPS) is 13.1. The van der Waals surface area contributed by atoms with Crippen LogP contribution in [0.2, 0.25) is 0 Å². The van der Waals surface area contributed by atoms with Gasteiger partial charge in [-0.3, -0.25) is 0 Å². The Balaban J connectivity index is 1.65. The topological polar surface area (TPSA) is 51.9 Å². The van der Waals surface area contributed by atoms with Gasteiger partial charge in [-0.25, -0.2) is 4.79 Å². The van der Waals surface area contributed by atoms with Gasteiger partial charge < -0.3 is 18.8 Å². The van der Waals surface area contributed by atoms with Crippen molar-refractivity contribution in [3.05, 3.63) is 87.8 Å². The van der Waals surface area contributed by atoms with E-state index in [1.54, 1.807) is 13.2 Å². The molecular formula is C26H23NO4. The summed E-state index contributed by atoms with van der Waals surface area (Å²) >= 11 is 0. The highest BCUT2D eigenvalue weighted by molar-refractivity contribution is 5.96. The van der Waals surface area contributed by atoms with Crippen LogP contribution in [0.1, 0.15) is 16.7 Å². The van der Waals surface area contributed by atoms with E-state index in [1.807, 2.05) is 31.2 Å². The van der Waals surface area contributed by atoms with Crippen molar-refractivity contribution in [2.24, 2.45) is 0 Å². The highest BCUT2D eigenvalue weighted by Crippen LogP contribution is 2.39. The van der Waals surface area contributed by atoms with E-state index in [4.69, 9.17) is 13.9 Å². The zero-order valence-corrected chi connectivity index (χ0v) is 17.8. The number of aryl methyl sites for hydroxylation is 2. The first-order chi connectivity index (χ1) is 15.0. The lowest BCUT2D eigenvalue weighted by molar-refractivity contribution is 0.287. The molecule has 1 aliphatic rings. The average Bonchev–Trinajstić information content (AvgIpc) is 2.79. The molecule has 4 aromatic rings. The van der Waals surface area contributed by atoms with Crippen molar-refractivity contribution >= 4 is 16.7 Å². The molecule has 0 N–H and O–H groups in total. The van der Waals surface area contributed by atoms with Crippen molar-refractivity contribution in [2.75, 3.05) is 18.7 Å². The molecule has 3 aromatic carbocycles. The van der Waals surface area contributed by atoms with E-state index in [-0.39, 0.29) is 5.63 Å². The second-order valence-electron chi connectivity index (χ2n) is 7.88. The fraction of sp³-hybridized carbons (Fsp3) is 0.192. The summed E-state index contributed by atoms with van der Waals surface area (Å²) in [6.45, 7) is 5.20. The minimum atomic E-state index is -0.376. The highest BCUT2D eigenvalue weighted by Gasteiger charge is 2.23. The van der Waals surface area contributed by atoms with E-state index >= 15 is 0 Å². The smallest absolute Gasteiger partial charge is 0.336 e. The van der Waals surface area contributed by atoms with Gasteiger partial charge in [0, 0.05) is 34.8 Å². The van der Waals surface area contributed by atoms with Crippen molar-refractivity contribution in [3.8, 4) is 22.6 Å². The summed E-state index contributed by atoms with van der Waals surface area (Å²) in [5.74, 6) is 1.57. The van der Waals surface area contributed by atoms with Crippen LogP contribution in [0.25, 0.3) is 22.1 Å². The number of nitrogens with zero attached hydrogens (tertiary/aromatic N) is 1. The molecule has 31 heavy (non-hydrogen) atoms. The fourth-order valence-electron chi connectivity index (χ4n) is 4.22. The first kappa shape index (κ1) is 19.2. The van der Waals surface area contributed by atoms with Crippen LogP contribution in [0, 0.1) is 13.8 Å². The first-order valence-corrected chi connectivity index (χ1v) is 10.2. The largest absolute Gasteiger partial charge is 0.497 e. The molecule has 0 saturated carbocycles. The molecule has 5 heteroatoms. The zero-order chi connectivity index (χ0) is 21.5. The molecule has 0 fully saturated rings. The quantitative estimate of drug-likeness (QED) is 0.419. The predicted molar refractivity (Wildman–Crippen MR) is 122 cm³/mol. The lowest BCUT2D eigenvalue weighted by atomic mass is 9.96. The zero-order valence-electron chi connectivity index (χ0n) is 17.8. The summed E-state index contributed by atoms with van der Waals surface area (Å²) < 4.78 is 17.0. The number of fused-ring (bicyclic) bond motifs is 2. The minimum absolute atomic E-state index is 0.376. The summed E-state index contributed by atoms with van der Waals surface area (Å²) in [7, 11) is 1.64. The van der Waals surface area contributed by atoms with E-state index in [0.29, 0.717) is 12.3 Å². The number of anilines is 1. The number of hydrogen-bond acceptors (Lipinski definition) is 5. The minimum Gasteiger partial charge on any atom is -0.497 e. The fourth-order valence-corrected chi connectivity index (χ4v) is 4.22. The van der Waals surface area contributed by atoms with Gasteiger partial charge in [0.15, 0.2) is 6.73 Å². The third-order valence-corrected chi connectivity index (χ3v) is 5.78. The molecule has 1 aromatic heterocycles. The van der Waals surface area contributed by atoms with E-state index in [2.05, 4.69) is 42.2 Å². The Labute approximate surface area is 180 Å². The van der Waals surface area contributed by atoms with Crippen LogP contribution in [0.4, 0.5) is 5.69 Å². The Bertz CT molecular complexity index is 1340. The van der Waals surface area contributed by atoms with Gasteiger partial charge in [0.1, 0.15) is 17.1 Å². The van der Waals surface area contributed by atoms with Gasteiger partial charge in [0.05, 0.1) is 7.11 Å². The van der Waals surface area contributed by atoms with Gasteiger partial charge in [-0.05, 0) is 60.9 Å². The number of ether oxygens (including phenoxy) is 2. The van der Waals surface area contributed by atoms with Gasteiger partial charge in [0.2, 0.25) is 0 Å². The van der Waals surface area contributed by atoms with E-state index in [9.17, 15) is 4.79 Å². The molecule has 0 unspecified atom stereocenters. The molecule has 0 atom stereocenters. The molecule has 0 spiro atoms. The van der Waals surface area contributed by atoms with Crippen LogP contribution in [-0.4, -0.2) is 13.8 Å². The Morgan fingerprint density at radius 2 is 1.81 bits per heavy atom. The van der Waals surface area contributed by atoms with Crippen LogP contribution < -0.4 is 20.0 Å². The molecule has 156 valence electrons. The number of hydrogen-bond donors (Lipinski definition) is 0. The van der Waals surface area contributed by atoms with Crippen LogP contribution in [-0.2, 0) is 6.54 Å². The SMILES string of the molecule is COc1ccc(-c2cc(=O)oc3c(C)c4c(cc23)CN(c2cccc(C)c2)CO4)cc1. The second kappa shape index (κ2) is 7.51. The molecular weight excluding hydrogens is 390 g/mol. The summed E-state index contributed by atoms with van der Waals surface area (Å²) in [6.07, 6.45) is 0. The number of methoxy groups -OCH3 is 1. The summed E-state index contributed by atoms with van der Waals surface area (Å²) in [5, 5.41) is 0.899. The van der Waals surface area contributed by atoms with Crippen molar-refractivity contribution in [2.45, 2.75) is 20.4 Å². The molecule has 5 nitrogen and oxygen atoms in total. The third kappa shape index (κ3) is 3.42. The Kier molecular flexibility index (Phi) is 4.66. The monoisotopic (exact) mass is 413 g/mol. The van der Waals surface area contributed by atoms with Crippen molar-refractivity contribution < 1.29 is 13.9 Å². The molecule has 1 aliphatic heterocycles. The lowest BCUT2D eigenvalue weighted by Gasteiger charge is -2.32. The maximum Gasteiger partial charge on any atom is 0.336 e. The Morgan fingerprint density at radius 1 is 1.00 bits per heavy atom. The van der Waals surface area contributed by atoms with Gasteiger partial charge >= 0.3 is 5.63 Å². The average molecular weight is 413 g/mol. The molecule has 0 radical (unpaired) electrons. The molecule has 0 saturated heterocycles. The highest BCUT2D eigenvalue weighted by atomic mass is 16.5. The van der Waals surface area contributed by atoms with Gasteiger partial charge in [-0.15, -0.1) is 0 Å². The van der Waals surface area contributed by atoms with Crippen molar-refractivity contribution in [1.29, 1.82) is 0 Å². The maximum absolute atomic E-state index is 12.3. The van der Waals surface area contributed by atoms with Crippen LogP contribution in [0.5, 0.6) is 11.5 Å². The van der Waals surface area contributed by atoms with E-state index in [1.165, 1.54) is 5.56 Å². The number of rotatable bonds is 3. The third-order valence-electron chi connectivity index (χ3n) is 5.78. The molecule has 0 aliphatic carbocycles. The van der Waals surface area contributed by atoms with E-state index < -0.39 is 0 Å². The second-order valence-corrected chi connectivity index (χ2v) is 7.88.